The van der Waals surface area contributed by atoms with Crippen LogP contribution in [-0.4, -0.2) is 51.1 Å². The van der Waals surface area contributed by atoms with Gasteiger partial charge < -0.3 is 24.8 Å². The van der Waals surface area contributed by atoms with E-state index in [-0.39, 0.29) is 18.4 Å². The molecule has 8 heteroatoms. The maximum Gasteiger partial charge on any atom is 0.238 e. The van der Waals surface area contributed by atoms with Crippen LogP contribution in [0.2, 0.25) is 0 Å². The topological polar surface area (TPSA) is 89.1 Å². The van der Waals surface area contributed by atoms with Crippen LogP contribution in [0, 0.1) is 0 Å². The maximum absolute atomic E-state index is 12.7. The quantitative estimate of drug-likeness (QED) is 0.620. The number of ether oxygens (including phenoxy) is 3. The minimum absolute atomic E-state index is 0.185. The second-order valence-electron chi connectivity index (χ2n) is 6.64. The van der Waals surface area contributed by atoms with Gasteiger partial charge in [0.1, 0.15) is 5.75 Å². The number of carbonyl (C=O) groups is 2. The van der Waals surface area contributed by atoms with Crippen molar-refractivity contribution in [2.24, 2.45) is 0 Å². The molecule has 2 aromatic carbocycles. The highest BCUT2D eigenvalue weighted by Gasteiger charge is 2.14. The molecule has 2 rings (SSSR count). The Morgan fingerprint density at radius 1 is 0.900 bits per heavy atom. The summed E-state index contributed by atoms with van der Waals surface area (Å²) in [6.45, 7) is 4.87. The highest BCUT2D eigenvalue weighted by atomic mass is 16.5. The molecule has 0 heterocycles. The molecule has 0 aliphatic rings. The lowest BCUT2D eigenvalue weighted by molar-refractivity contribution is -0.117. The minimum atomic E-state index is -0.190. The normalized spacial score (nSPS) is 10.5. The van der Waals surface area contributed by atoms with Crippen LogP contribution in [-0.2, 0) is 16.1 Å². The Bertz CT molecular complexity index is 885. The summed E-state index contributed by atoms with van der Waals surface area (Å²) in [7, 11) is 4.71. The van der Waals surface area contributed by atoms with E-state index < -0.39 is 0 Å². The van der Waals surface area contributed by atoms with Gasteiger partial charge in [0.05, 0.1) is 33.6 Å². The van der Waals surface area contributed by atoms with Crippen LogP contribution in [0.25, 0.3) is 0 Å². The van der Waals surface area contributed by atoms with E-state index in [1.165, 1.54) is 14.0 Å². The summed E-state index contributed by atoms with van der Waals surface area (Å²) < 4.78 is 15.9. The number of nitrogens with zero attached hydrogens (tertiary/aromatic N) is 1. The molecule has 2 N–H and O–H groups in total. The second-order valence-corrected chi connectivity index (χ2v) is 6.64. The van der Waals surface area contributed by atoms with Gasteiger partial charge in [0.2, 0.25) is 11.8 Å². The first-order valence-electron chi connectivity index (χ1n) is 9.58. The number of carbonyl (C=O) groups excluding carboxylic acids is 2. The summed E-state index contributed by atoms with van der Waals surface area (Å²) in [5.41, 5.74) is 2.08. The van der Waals surface area contributed by atoms with Gasteiger partial charge in [-0.2, -0.15) is 0 Å². The molecule has 0 radical (unpaired) electrons. The zero-order valence-electron chi connectivity index (χ0n) is 18.1. The molecule has 0 aromatic heterocycles. The molecule has 2 amide bonds. The maximum atomic E-state index is 12.7. The Morgan fingerprint density at radius 3 is 2.17 bits per heavy atom. The summed E-state index contributed by atoms with van der Waals surface area (Å²) in [5, 5.41) is 5.56. The Labute approximate surface area is 177 Å². The number of anilines is 2. The predicted molar refractivity (Wildman–Crippen MR) is 116 cm³/mol. The molecule has 0 bridgehead atoms. The number of rotatable bonds is 10. The SMILES string of the molecule is CCN(CC(=O)Nc1cc(NC(C)=O)ccc1OC)Cc1ccc(OC)c(OC)c1. The van der Waals surface area contributed by atoms with Gasteiger partial charge in [-0.1, -0.05) is 13.0 Å². The molecule has 0 saturated carbocycles. The van der Waals surface area contributed by atoms with Crippen LogP contribution < -0.4 is 24.8 Å². The summed E-state index contributed by atoms with van der Waals surface area (Å²) in [6.07, 6.45) is 0. The van der Waals surface area contributed by atoms with Gasteiger partial charge in [0.15, 0.2) is 11.5 Å². The van der Waals surface area contributed by atoms with Crippen molar-refractivity contribution >= 4 is 23.2 Å². The number of amides is 2. The average Bonchev–Trinajstić information content (AvgIpc) is 2.72. The molecule has 30 heavy (non-hydrogen) atoms. The van der Waals surface area contributed by atoms with Gasteiger partial charge in [-0.15, -0.1) is 0 Å². The number of benzene rings is 2. The van der Waals surface area contributed by atoms with Gasteiger partial charge in [-0.3, -0.25) is 14.5 Å². The van der Waals surface area contributed by atoms with Crippen LogP contribution >= 0.6 is 0 Å². The Hall–Kier alpha value is -3.26. The van der Waals surface area contributed by atoms with Crippen molar-refractivity contribution in [3.05, 3.63) is 42.0 Å². The van der Waals surface area contributed by atoms with E-state index in [0.717, 1.165) is 5.56 Å². The third kappa shape index (κ3) is 6.38. The van der Waals surface area contributed by atoms with Crippen molar-refractivity contribution in [1.29, 1.82) is 0 Å². The van der Waals surface area contributed by atoms with Crippen molar-refractivity contribution in [3.8, 4) is 17.2 Å². The van der Waals surface area contributed by atoms with Crippen molar-refractivity contribution in [2.45, 2.75) is 20.4 Å². The Morgan fingerprint density at radius 2 is 1.57 bits per heavy atom. The zero-order valence-corrected chi connectivity index (χ0v) is 18.1. The number of likely N-dealkylation sites (N-methyl/N-ethyl adjacent to an activating group) is 1. The molecule has 0 spiro atoms. The van der Waals surface area contributed by atoms with Crippen molar-refractivity contribution in [3.63, 3.8) is 0 Å². The molecule has 0 unspecified atom stereocenters. The monoisotopic (exact) mass is 415 g/mol. The fourth-order valence-electron chi connectivity index (χ4n) is 3.00. The van der Waals surface area contributed by atoms with E-state index in [1.807, 2.05) is 30.0 Å². The van der Waals surface area contributed by atoms with Crippen LogP contribution in [0.3, 0.4) is 0 Å². The third-order valence-corrected chi connectivity index (χ3v) is 4.46. The Balaban J connectivity index is 2.08. The molecule has 8 nitrogen and oxygen atoms in total. The molecular weight excluding hydrogens is 386 g/mol. The number of hydrogen-bond acceptors (Lipinski definition) is 6. The fraction of sp³-hybridized carbons (Fsp3) is 0.364. The van der Waals surface area contributed by atoms with Crippen LogP contribution in [0.4, 0.5) is 11.4 Å². The van der Waals surface area contributed by atoms with Crippen LogP contribution in [0.15, 0.2) is 36.4 Å². The lowest BCUT2D eigenvalue weighted by Gasteiger charge is -2.21. The van der Waals surface area contributed by atoms with E-state index in [1.54, 1.807) is 32.4 Å². The first-order chi connectivity index (χ1) is 14.4. The molecule has 0 aliphatic carbocycles. The lowest BCUT2D eigenvalue weighted by Crippen LogP contribution is -2.32. The highest BCUT2D eigenvalue weighted by molar-refractivity contribution is 5.95. The van der Waals surface area contributed by atoms with E-state index in [9.17, 15) is 9.59 Å². The largest absolute Gasteiger partial charge is 0.495 e. The number of nitrogens with one attached hydrogen (secondary N) is 2. The molecule has 0 aliphatic heterocycles. The van der Waals surface area contributed by atoms with Crippen molar-refractivity contribution in [2.75, 3.05) is 45.1 Å². The van der Waals surface area contributed by atoms with E-state index >= 15 is 0 Å². The highest BCUT2D eigenvalue weighted by Crippen LogP contribution is 2.29. The standard InChI is InChI=1S/C22H29N3O5/c1-6-25(13-16-7-9-20(29-4)21(11-16)30-5)14-22(27)24-18-12-17(23-15(2)26)8-10-19(18)28-3/h7-12H,6,13-14H2,1-5H3,(H,23,26)(H,24,27). The number of methoxy groups -OCH3 is 3. The molecule has 0 fully saturated rings. The van der Waals surface area contributed by atoms with Crippen LogP contribution in [0.5, 0.6) is 17.2 Å². The average molecular weight is 415 g/mol. The zero-order chi connectivity index (χ0) is 22.1. The second kappa shape index (κ2) is 11.1. The van der Waals surface area contributed by atoms with Gasteiger partial charge in [0, 0.05) is 19.2 Å². The first kappa shape index (κ1) is 23.0. The summed E-state index contributed by atoms with van der Waals surface area (Å²) >= 11 is 0. The fourth-order valence-corrected chi connectivity index (χ4v) is 3.00. The van der Waals surface area contributed by atoms with Gasteiger partial charge in [-0.05, 0) is 42.4 Å². The summed E-state index contributed by atoms with van der Waals surface area (Å²) in [5.74, 6) is 1.45. The first-order valence-corrected chi connectivity index (χ1v) is 9.58. The third-order valence-electron chi connectivity index (χ3n) is 4.46. The van der Waals surface area contributed by atoms with Gasteiger partial charge >= 0.3 is 0 Å². The summed E-state index contributed by atoms with van der Waals surface area (Å²) in [4.78, 5) is 25.9. The van der Waals surface area contributed by atoms with E-state index in [0.29, 0.717) is 41.7 Å². The lowest BCUT2D eigenvalue weighted by atomic mass is 10.2. The van der Waals surface area contributed by atoms with Crippen LogP contribution in [0.1, 0.15) is 19.4 Å². The molecule has 2 aromatic rings. The summed E-state index contributed by atoms with van der Waals surface area (Å²) in [6, 6.07) is 10.8. The molecule has 0 atom stereocenters. The number of hydrogen-bond donors (Lipinski definition) is 2. The van der Waals surface area contributed by atoms with Gasteiger partial charge in [0.25, 0.3) is 0 Å². The van der Waals surface area contributed by atoms with Crippen molar-refractivity contribution in [1.82, 2.24) is 4.90 Å². The van der Waals surface area contributed by atoms with Crippen molar-refractivity contribution < 1.29 is 23.8 Å². The van der Waals surface area contributed by atoms with Gasteiger partial charge in [-0.25, -0.2) is 0 Å². The predicted octanol–water partition coefficient (Wildman–Crippen LogP) is 3.13. The van der Waals surface area contributed by atoms with E-state index in [2.05, 4.69) is 10.6 Å². The molecule has 162 valence electrons. The molecular formula is C22H29N3O5. The minimum Gasteiger partial charge on any atom is -0.495 e. The molecule has 0 saturated heterocycles. The van der Waals surface area contributed by atoms with E-state index in [4.69, 9.17) is 14.2 Å². The smallest absolute Gasteiger partial charge is 0.238 e. The Kier molecular flexibility index (Phi) is 8.49.